The third kappa shape index (κ3) is 3.61. The normalized spacial score (nSPS) is 12.8. The second-order valence-corrected chi connectivity index (χ2v) is 6.21. The summed E-state index contributed by atoms with van der Waals surface area (Å²) in [6, 6.07) is 2.27. The Bertz CT molecular complexity index is 602. The average molecular weight is 310 g/mol. The van der Waals surface area contributed by atoms with Gasteiger partial charge in [0, 0.05) is 25.6 Å². The van der Waals surface area contributed by atoms with E-state index in [9.17, 15) is 0 Å². The molecule has 1 atom stereocenters. The third-order valence-corrected chi connectivity index (χ3v) is 4.21. The van der Waals surface area contributed by atoms with Crippen molar-refractivity contribution in [3.8, 4) is 0 Å². The molecule has 0 radical (unpaired) electrons. The number of ether oxygens (including phenoxy) is 2. The summed E-state index contributed by atoms with van der Waals surface area (Å²) in [5.41, 5.74) is 5.87. The van der Waals surface area contributed by atoms with Crippen LogP contribution in [0.3, 0.4) is 0 Å². The molecule has 2 aromatic rings. The topological polar surface area (TPSA) is 73.5 Å². The van der Waals surface area contributed by atoms with E-state index in [0.717, 1.165) is 22.6 Å². The van der Waals surface area contributed by atoms with E-state index in [1.54, 1.807) is 25.6 Å². The molecule has 21 heavy (non-hydrogen) atoms. The zero-order valence-corrected chi connectivity index (χ0v) is 13.7. The molecule has 0 saturated heterocycles. The standard InChI is InChI=1S/C14H22N4O2S/c1-9(8-20-4)18(5-6-19-3)12-11-7-10(2)21-13(11)17-14(15)16-12/h7,9H,5-6,8H2,1-4H3,(H2,15,16,17). The first-order valence-electron chi connectivity index (χ1n) is 6.85. The molecule has 0 bridgehead atoms. The van der Waals surface area contributed by atoms with Crippen molar-refractivity contribution in [1.29, 1.82) is 0 Å². The maximum atomic E-state index is 5.87. The molecule has 0 aliphatic carbocycles. The van der Waals surface area contributed by atoms with E-state index in [2.05, 4.69) is 34.8 Å². The van der Waals surface area contributed by atoms with Gasteiger partial charge in [0.1, 0.15) is 10.6 Å². The van der Waals surface area contributed by atoms with Crippen molar-refractivity contribution in [1.82, 2.24) is 9.97 Å². The number of nitrogens with zero attached hydrogens (tertiary/aromatic N) is 3. The Labute approximate surface area is 128 Å². The largest absolute Gasteiger partial charge is 0.383 e. The van der Waals surface area contributed by atoms with Crippen LogP contribution in [0, 0.1) is 6.92 Å². The van der Waals surface area contributed by atoms with E-state index < -0.39 is 0 Å². The molecule has 0 spiro atoms. The fourth-order valence-electron chi connectivity index (χ4n) is 2.32. The van der Waals surface area contributed by atoms with Crippen LogP contribution < -0.4 is 10.6 Å². The van der Waals surface area contributed by atoms with Gasteiger partial charge < -0.3 is 20.1 Å². The van der Waals surface area contributed by atoms with Crippen LogP contribution >= 0.6 is 11.3 Å². The highest BCUT2D eigenvalue weighted by atomic mass is 32.1. The minimum atomic E-state index is 0.169. The van der Waals surface area contributed by atoms with E-state index in [-0.39, 0.29) is 6.04 Å². The minimum absolute atomic E-state index is 0.169. The molecule has 2 heterocycles. The van der Waals surface area contributed by atoms with Gasteiger partial charge in [0.05, 0.1) is 24.6 Å². The molecule has 116 valence electrons. The van der Waals surface area contributed by atoms with Crippen molar-refractivity contribution < 1.29 is 9.47 Å². The fraction of sp³-hybridized carbons (Fsp3) is 0.571. The molecule has 0 saturated carbocycles. The van der Waals surface area contributed by atoms with Gasteiger partial charge in [-0.05, 0) is 19.9 Å². The number of methoxy groups -OCH3 is 2. The monoisotopic (exact) mass is 310 g/mol. The zero-order chi connectivity index (χ0) is 15.4. The predicted octanol–water partition coefficient (Wildman–Crippen LogP) is 2.07. The Balaban J connectivity index is 2.46. The van der Waals surface area contributed by atoms with E-state index in [0.29, 0.717) is 19.2 Å². The average Bonchev–Trinajstić information content (AvgIpc) is 2.79. The Morgan fingerprint density at radius 3 is 2.76 bits per heavy atom. The van der Waals surface area contributed by atoms with Crippen LogP contribution in [-0.2, 0) is 9.47 Å². The van der Waals surface area contributed by atoms with E-state index in [4.69, 9.17) is 15.2 Å². The highest BCUT2D eigenvalue weighted by molar-refractivity contribution is 7.18. The molecule has 0 aliphatic rings. The van der Waals surface area contributed by atoms with Crippen LogP contribution in [0.4, 0.5) is 11.8 Å². The SMILES string of the molecule is COCCN(c1nc(N)nc2sc(C)cc12)C(C)COC. The first-order valence-corrected chi connectivity index (χ1v) is 7.66. The lowest BCUT2D eigenvalue weighted by molar-refractivity contribution is 0.170. The third-order valence-electron chi connectivity index (χ3n) is 3.26. The first-order chi connectivity index (χ1) is 10.1. The van der Waals surface area contributed by atoms with Gasteiger partial charge in [-0.1, -0.05) is 0 Å². The Morgan fingerprint density at radius 1 is 1.33 bits per heavy atom. The smallest absolute Gasteiger partial charge is 0.223 e. The summed E-state index contributed by atoms with van der Waals surface area (Å²) in [6.07, 6.45) is 0. The Kier molecular flexibility index (Phi) is 5.33. The first kappa shape index (κ1) is 15.9. The molecule has 0 aliphatic heterocycles. The van der Waals surface area contributed by atoms with Gasteiger partial charge in [-0.15, -0.1) is 11.3 Å². The maximum absolute atomic E-state index is 5.87. The number of aryl methyl sites for hydroxylation is 1. The molecule has 0 amide bonds. The van der Waals surface area contributed by atoms with Crippen molar-refractivity contribution in [2.45, 2.75) is 19.9 Å². The summed E-state index contributed by atoms with van der Waals surface area (Å²) < 4.78 is 10.5. The van der Waals surface area contributed by atoms with Crippen LogP contribution in [0.2, 0.25) is 0 Å². The van der Waals surface area contributed by atoms with Crippen molar-refractivity contribution in [3.05, 3.63) is 10.9 Å². The van der Waals surface area contributed by atoms with E-state index >= 15 is 0 Å². The lowest BCUT2D eigenvalue weighted by Gasteiger charge is -2.30. The van der Waals surface area contributed by atoms with Crippen molar-refractivity contribution in [2.24, 2.45) is 0 Å². The van der Waals surface area contributed by atoms with Gasteiger partial charge in [-0.2, -0.15) is 4.98 Å². The minimum Gasteiger partial charge on any atom is -0.383 e. The molecule has 1 unspecified atom stereocenters. The van der Waals surface area contributed by atoms with Crippen molar-refractivity contribution in [2.75, 3.05) is 44.6 Å². The van der Waals surface area contributed by atoms with Crippen LogP contribution in [-0.4, -0.2) is 50.0 Å². The van der Waals surface area contributed by atoms with Crippen LogP contribution in [0.1, 0.15) is 11.8 Å². The molecular formula is C14H22N4O2S. The number of anilines is 2. The number of thiophene rings is 1. The molecule has 6 nitrogen and oxygen atoms in total. The lowest BCUT2D eigenvalue weighted by atomic mass is 10.2. The second kappa shape index (κ2) is 7.02. The molecule has 2 aromatic heterocycles. The van der Waals surface area contributed by atoms with Gasteiger partial charge in [-0.25, -0.2) is 4.98 Å². The number of rotatable bonds is 7. The second-order valence-electron chi connectivity index (χ2n) is 4.97. The van der Waals surface area contributed by atoms with E-state index in [1.165, 1.54) is 4.88 Å². The summed E-state index contributed by atoms with van der Waals surface area (Å²) >= 11 is 1.63. The highest BCUT2D eigenvalue weighted by Crippen LogP contribution is 2.32. The predicted molar refractivity (Wildman–Crippen MR) is 87.1 cm³/mol. The van der Waals surface area contributed by atoms with Gasteiger partial charge >= 0.3 is 0 Å². The summed E-state index contributed by atoms with van der Waals surface area (Å²) in [4.78, 5) is 13.1. The Morgan fingerprint density at radius 2 is 2.10 bits per heavy atom. The van der Waals surface area contributed by atoms with Gasteiger partial charge in [0.15, 0.2) is 0 Å². The molecule has 7 heteroatoms. The molecule has 0 aromatic carbocycles. The number of fused-ring (bicyclic) bond motifs is 1. The molecule has 2 rings (SSSR count). The van der Waals surface area contributed by atoms with Crippen LogP contribution in [0.5, 0.6) is 0 Å². The number of aromatic nitrogens is 2. The summed E-state index contributed by atoms with van der Waals surface area (Å²) in [6.45, 7) is 6.11. The zero-order valence-electron chi connectivity index (χ0n) is 12.9. The fourth-order valence-corrected chi connectivity index (χ4v) is 3.20. The van der Waals surface area contributed by atoms with E-state index in [1.807, 2.05) is 0 Å². The summed E-state index contributed by atoms with van der Waals surface area (Å²) in [5, 5.41) is 1.03. The number of hydrogen-bond donors (Lipinski definition) is 1. The lowest BCUT2D eigenvalue weighted by Crippen LogP contribution is -2.39. The summed E-state index contributed by atoms with van der Waals surface area (Å²) in [5.74, 6) is 1.15. The van der Waals surface area contributed by atoms with Crippen molar-refractivity contribution >= 4 is 33.3 Å². The number of nitrogen functional groups attached to an aromatic ring is 1. The van der Waals surface area contributed by atoms with Crippen LogP contribution in [0.15, 0.2) is 6.07 Å². The van der Waals surface area contributed by atoms with Crippen LogP contribution in [0.25, 0.3) is 10.2 Å². The molecule has 2 N–H and O–H groups in total. The molecule has 0 fully saturated rings. The quantitative estimate of drug-likeness (QED) is 0.844. The highest BCUT2D eigenvalue weighted by Gasteiger charge is 2.20. The summed E-state index contributed by atoms with van der Waals surface area (Å²) in [7, 11) is 3.39. The van der Waals surface area contributed by atoms with Gasteiger partial charge in [0.2, 0.25) is 5.95 Å². The number of nitrogens with two attached hydrogens (primary N) is 1. The Hall–Kier alpha value is -1.44. The maximum Gasteiger partial charge on any atom is 0.223 e. The number of hydrogen-bond acceptors (Lipinski definition) is 7. The van der Waals surface area contributed by atoms with Gasteiger partial charge in [-0.3, -0.25) is 0 Å². The van der Waals surface area contributed by atoms with Crippen molar-refractivity contribution in [3.63, 3.8) is 0 Å². The van der Waals surface area contributed by atoms with Gasteiger partial charge in [0.25, 0.3) is 0 Å². The molecular weight excluding hydrogens is 288 g/mol.